The van der Waals surface area contributed by atoms with E-state index in [9.17, 15) is 0 Å². The summed E-state index contributed by atoms with van der Waals surface area (Å²) in [5, 5.41) is 1.24. The van der Waals surface area contributed by atoms with E-state index in [0.717, 1.165) is 31.6 Å². The molecule has 16 heavy (non-hydrogen) atoms. The van der Waals surface area contributed by atoms with Gasteiger partial charge in [-0.2, -0.15) is 0 Å². The van der Waals surface area contributed by atoms with Crippen LogP contribution in [0.25, 0.3) is 0 Å². The molecule has 0 aliphatic rings. The van der Waals surface area contributed by atoms with E-state index in [4.69, 9.17) is 39.5 Å². The first-order valence-electron chi connectivity index (χ1n) is 5.38. The van der Waals surface area contributed by atoms with Crippen LogP contribution in [0.2, 0.25) is 10.0 Å². The second kappa shape index (κ2) is 8.05. The number of alkyl halides is 1. The Kier molecular flexibility index (Phi) is 7.02. The van der Waals surface area contributed by atoms with E-state index in [1.54, 1.807) is 18.2 Å². The molecule has 0 aliphatic carbocycles. The first-order chi connectivity index (χ1) is 7.74. The smallest absolute Gasteiger partial charge is 0.139 e. The molecule has 0 amide bonds. The summed E-state index contributed by atoms with van der Waals surface area (Å²) in [4.78, 5) is 0. The maximum atomic E-state index is 5.96. The predicted molar refractivity (Wildman–Crippen MR) is 71.1 cm³/mol. The van der Waals surface area contributed by atoms with E-state index in [2.05, 4.69) is 0 Å². The highest BCUT2D eigenvalue weighted by Gasteiger charge is 2.01. The van der Waals surface area contributed by atoms with Crippen LogP contribution in [-0.2, 0) is 0 Å². The Morgan fingerprint density at radius 3 is 2.50 bits per heavy atom. The minimum atomic E-state index is 0.602. The van der Waals surface area contributed by atoms with Crippen molar-refractivity contribution in [2.45, 2.75) is 25.7 Å². The highest BCUT2D eigenvalue weighted by Crippen LogP contribution is 2.27. The van der Waals surface area contributed by atoms with Gasteiger partial charge in [0.25, 0.3) is 0 Å². The summed E-state index contributed by atoms with van der Waals surface area (Å²) in [6.07, 6.45) is 4.36. The van der Waals surface area contributed by atoms with Gasteiger partial charge in [0, 0.05) is 17.0 Å². The van der Waals surface area contributed by atoms with Gasteiger partial charge in [-0.1, -0.05) is 36.0 Å². The molecule has 0 spiro atoms. The Morgan fingerprint density at radius 1 is 1.00 bits per heavy atom. The van der Waals surface area contributed by atoms with E-state index >= 15 is 0 Å². The number of hydrogen-bond donors (Lipinski definition) is 0. The van der Waals surface area contributed by atoms with Crippen LogP contribution in [0.1, 0.15) is 25.7 Å². The monoisotopic (exact) mass is 280 g/mol. The van der Waals surface area contributed by atoms with Crippen LogP contribution >= 0.6 is 34.8 Å². The first kappa shape index (κ1) is 14.0. The Balaban J connectivity index is 2.23. The molecule has 0 N–H and O–H groups in total. The average molecular weight is 282 g/mol. The van der Waals surface area contributed by atoms with Crippen molar-refractivity contribution in [2.24, 2.45) is 0 Å². The average Bonchev–Trinajstić information content (AvgIpc) is 2.28. The van der Waals surface area contributed by atoms with E-state index in [1.165, 1.54) is 0 Å². The lowest BCUT2D eigenvalue weighted by molar-refractivity contribution is 0.305. The quantitative estimate of drug-likeness (QED) is 0.495. The highest BCUT2D eigenvalue weighted by molar-refractivity contribution is 6.34. The number of benzene rings is 1. The third-order valence-electron chi connectivity index (χ3n) is 2.18. The minimum absolute atomic E-state index is 0.602. The van der Waals surface area contributed by atoms with Crippen molar-refractivity contribution >= 4 is 34.8 Å². The molecule has 0 aromatic heterocycles. The second-order valence-electron chi connectivity index (χ2n) is 3.53. The number of ether oxygens (including phenoxy) is 1. The van der Waals surface area contributed by atoms with Crippen molar-refractivity contribution in [3.8, 4) is 5.75 Å². The van der Waals surface area contributed by atoms with Gasteiger partial charge in [0.2, 0.25) is 0 Å². The molecule has 4 heteroatoms. The third-order valence-corrected chi connectivity index (χ3v) is 2.99. The van der Waals surface area contributed by atoms with Gasteiger partial charge >= 0.3 is 0 Å². The molecule has 0 unspecified atom stereocenters. The Hall–Kier alpha value is -0.110. The summed E-state index contributed by atoms with van der Waals surface area (Å²) < 4.78 is 5.55. The van der Waals surface area contributed by atoms with Crippen LogP contribution in [0.3, 0.4) is 0 Å². The molecule has 0 saturated heterocycles. The van der Waals surface area contributed by atoms with Crippen LogP contribution in [0.5, 0.6) is 5.75 Å². The lowest BCUT2D eigenvalue weighted by Gasteiger charge is -2.07. The lowest BCUT2D eigenvalue weighted by atomic mass is 10.2. The molecular formula is C12H15Cl3O. The largest absolute Gasteiger partial charge is 0.492 e. The first-order valence-corrected chi connectivity index (χ1v) is 6.67. The summed E-state index contributed by atoms with van der Waals surface area (Å²) in [6, 6.07) is 5.23. The molecular weight excluding hydrogens is 266 g/mol. The van der Waals surface area contributed by atoms with Gasteiger partial charge in [-0.3, -0.25) is 0 Å². The van der Waals surface area contributed by atoms with Gasteiger partial charge in [0.1, 0.15) is 5.75 Å². The summed E-state index contributed by atoms with van der Waals surface area (Å²) >= 11 is 17.4. The van der Waals surface area contributed by atoms with Crippen LogP contribution < -0.4 is 4.74 Å². The van der Waals surface area contributed by atoms with E-state index in [1.807, 2.05) is 0 Å². The van der Waals surface area contributed by atoms with Crippen LogP contribution in [-0.4, -0.2) is 12.5 Å². The van der Waals surface area contributed by atoms with Crippen molar-refractivity contribution < 1.29 is 4.74 Å². The van der Waals surface area contributed by atoms with E-state index < -0.39 is 0 Å². The molecule has 0 bridgehead atoms. The normalized spacial score (nSPS) is 10.4. The van der Waals surface area contributed by atoms with Crippen molar-refractivity contribution in [3.05, 3.63) is 28.2 Å². The van der Waals surface area contributed by atoms with Gasteiger partial charge < -0.3 is 4.74 Å². The standard InChI is InChI=1S/C12H15Cl3O/c13-7-3-1-2-4-8-16-12-9-10(14)5-6-11(12)15/h5-6,9H,1-4,7-8H2. The van der Waals surface area contributed by atoms with Crippen LogP contribution in [0.15, 0.2) is 18.2 Å². The van der Waals surface area contributed by atoms with Gasteiger partial charge in [0.15, 0.2) is 0 Å². The maximum Gasteiger partial charge on any atom is 0.139 e. The molecule has 0 aliphatic heterocycles. The van der Waals surface area contributed by atoms with Gasteiger partial charge in [-0.15, -0.1) is 11.6 Å². The van der Waals surface area contributed by atoms with Gasteiger partial charge in [-0.25, -0.2) is 0 Å². The molecule has 1 rings (SSSR count). The molecule has 1 nitrogen and oxygen atoms in total. The van der Waals surface area contributed by atoms with Crippen molar-refractivity contribution in [2.75, 3.05) is 12.5 Å². The zero-order chi connectivity index (χ0) is 11.8. The van der Waals surface area contributed by atoms with Crippen LogP contribution in [0, 0.1) is 0 Å². The predicted octanol–water partition coefficient (Wildman–Crippen LogP) is 5.17. The molecule has 1 aromatic carbocycles. The third kappa shape index (κ3) is 5.29. The topological polar surface area (TPSA) is 9.23 Å². The summed E-state index contributed by atoms with van der Waals surface area (Å²) in [5.74, 6) is 1.40. The highest BCUT2D eigenvalue weighted by atomic mass is 35.5. The van der Waals surface area contributed by atoms with Crippen molar-refractivity contribution in [1.29, 1.82) is 0 Å². The fourth-order valence-corrected chi connectivity index (χ4v) is 1.84. The number of hydrogen-bond acceptors (Lipinski definition) is 1. The fourth-order valence-electron chi connectivity index (χ4n) is 1.32. The Labute approximate surface area is 112 Å². The van der Waals surface area contributed by atoms with Crippen molar-refractivity contribution in [3.63, 3.8) is 0 Å². The summed E-state index contributed by atoms with van der Waals surface area (Å²) in [5.41, 5.74) is 0. The molecule has 0 fully saturated rings. The van der Waals surface area contributed by atoms with Crippen LogP contribution in [0.4, 0.5) is 0 Å². The maximum absolute atomic E-state index is 5.96. The molecule has 90 valence electrons. The Morgan fingerprint density at radius 2 is 1.75 bits per heavy atom. The summed E-state index contributed by atoms with van der Waals surface area (Å²) in [7, 11) is 0. The summed E-state index contributed by atoms with van der Waals surface area (Å²) in [6.45, 7) is 0.669. The molecule has 1 aromatic rings. The molecule has 0 saturated carbocycles. The van der Waals surface area contributed by atoms with Gasteiger partial charge in [0.05, 0.1) is 11.6 Å². The molecule has 0 radical (unpaired) electrons. The Bertz CT molecular complexity index is 315. The number of halogens is 3. The second-order valence-corrected chi connectivity index (χ2v) is 4.75. The zero-order valence-corrected chi connectivity index (χ0v) is 11.3. The zero-order valence-electron chi connectivity index (χ0n) is 9.02. The van der Waals surface area contributed by atoms with E-state index in [0.29, 0.717) is 22.4 Å². The number of rotatable bonds is 7. The number of unbranched alkanes of at least 4 members (excludes halogenated alkanes) is 3. The van der Waals surface area contributed by atoms with Gasteiger partial charge in [-0.05, 0) is 25.0 Å². The fraction of sp³-hybridized carbons (Fsp3) is 0.500. The minimum Gasteiger partial charge on any atom is -0.492 e. The van der Waals surface area contributed by atoms with E-state index in [-0.39, 0.29) is 0 Å². The molecule has 0 heterocycles. The lowest BCUT2D eigenvalue weighted by Crippen LogP contribution is -1.97. The molecule has 0 atom stereocenters. The van der Waals surface area contributed by atoms with Crippen molar-refractivity contribution in [1.82, 2.24) is 0 Å². The SMILES string of the molecule is ClCCCCCCOc1cc(Cl)ccc1Cl.